The second-order valence-corrected chi connectivity index (χ2v) is 21.6. The quantitative estimate of drug-likeness (QED) is 0.0261. The Labute approximate surface area is 477 Å². The van der Waals surface area contributed by atoms with Gasteiger partial charge in [0.05, 0.1) is 0 Å². The Morgan fingerprint density at radius 1 is 0.273 bits per heavy atom. The molecule has 442 valence electrons. The fourth-order valence-corrected chi connectivity index (χ4v) is 9.19. The van der Waals surface area contributed by atoms with Gasteiger partial charge in [-0.1, -0.05) is 298 Å². The normalized spacial score (nSPS) is 12.7. The summed E-state index contributed by atoms with van der Waals surface area (Å²) in [6, 6.07) is 0. The van der Waals surface area contributed by atoms with Gasteiger partial charge in [-0.05, 0) is 96.3 Å². The van der Waals surface area contributed by atoms with Crippen LogP contribution in [0.4, 0.5) is 0 Å². The van der Waals surface area contributed by atoms with Crippen LogP contribution in [-0.4, -0.2) is 37.2 Å². The number of esters is 3. The van der Waals surface area contributed by atoms with Crippen LogP contribution in [0.25, 0.3) is 0 Å². The van der Waals surface area contributed by atoms with Gasteiger partial charge < -0.3 is 14.2 Å². The summed E-state index contributed by atoms with van der Waals surface area (Å²) < 4.78 is 16.9. The number of allylic oxidation sites excluding steroid dienone is 16. The van der Waals surface area contributed by atoms with Gasteiger partial charge >= 0.3 is 17.9 Å². The zero-order valence-electron chi connectivity index (χ0n) is 50.7. The van der Waals surface area contributed by atoms with Crippen molar-refractivity contribution in [2.24, 2.45) is 0 Å². The number of carbonyl (C=O) groups excluding carboxylic acids is 3. The van der Waals surface area contributed by atoms with Gasteiger partial charge in [-0.25, -0.2) is 0 Å². The molecule has 0 aromatic carbocycles. The first-order valence-corrected chi connectivity index (χ1v) is 32.7. The highest BCUT2D eigenvalue weighted by Gasteiger charge is 2.19. The maximum atomic E-state index is 12.9. The number of hydrogen-bond donors (Lipinski definition) is 0. The van der Waals surface area contributed by atoms with Crippen molar-refractivity contribution in [1.82, 2.24) is 0 Å². The van der Waals surface area contributed by atoms with Crippen molar-refractivity contribution in [1.29, 1.82) is 0 Å². The first-order valence-electron chi connectivity index (χ1n) is 32.7. The Morgan fingerprint density at radius 2 is 0.519 bits per heavy atom. The molecule has 0 N–H and O–H groups in total. The first kappa shape index (κ1) is 73.3. The average molecular weight is 1070 g/mol. The first-order chi connectivity index (χ1) is 38.0. The summed E-state index contributed by atoms with van der Waals surface area (Å²) in [6.45, 7) is 6.48. The largest absolute Gasteiger partial charge is 0.462 e. The Bertz CT molecular complexity index is 1510. The van der Waals surface area contributed by atoms with Crippen molar-refractivity contribution in [2.75, 3.05) is 13.2 Å². The van der Waals surface area contributed by atoms with E-state index >= 15 is 0 Å². The molecule has 0 radical (unpaired) electrons. The molecule has 0 saturated heterocycles. The fraction of sp³-hybridized carbons (Fsp3) is 0.732. The van der Waals surface area contributed by atoms with Crippen molar-refractivity contribution in [3.63, 3.8) is 0 Å². The van der Waals surface area contributed by atoms with Gasteiger partial charge in [0, 0.05) is 19.3 Å². The molecule has 0 amide bonds. The van der Waals surface area contributed by atoms with Gasteiger partial charge in [-0.15, -0.1) is 0 Å². The number of carbonyl (C=O) groups is 3. The standard InChI is InChI=1S/C71H122O6/c1-4-7-10-13-16-19-22-25-28-31-33-34-35-36-38-40-43-46-49-52-55-58-61-64-70(73)76-67-68(66-75-69(72)63-60-57-54-51-48-45-42-39-30-27-24-21-18-15-12-9-6-3)77-71(74)65-62-59-56-53-50-47-44-41-37-32-29-26-23-20-17-14-11-8-5-2/h9,12,17-18,20-21,26-27,29-30,37,41-42,45,51,54,68H,4-8,10-11,13-16,19,22-25,28,31-36,38-40,43-44,46-50,52-53,55-67H2,1-3H3/b12-9-,20-17-,21-18-,29-26-,30-27-,41-37-,45-42-,54-51-. The molecule has 0 fully saturated rings. The average Bonchev–Trinajstić information content (AvgIpc) is 3.43. The van der Waals surface area contributed by atoms with Crippen molar-refractivity contribution in [3.8, 4) is 0 Å². The summed E-state index contributed by atoms with van der Waals surface area (Å²) in [7, 11) is 0. The lowest BCUT2D eigenvalue weighted by molar-refractivity contribution is -0.167. The van der Waals surface area contributed by atoms with Gasteiger partial charge in [0.2, 0.25) is 0 Å². The second-order valence-electron chi connectivity index (χ2n) is 21.6. The summed E-state index contributed by atoms with van der Waals surface area (Å²) in [5.41, 5.74) is 0. The van der Waals surface area contributed by atoms with E-state index in [4.69, 9.17) is 14.2 Å². The van der Waals surface area contributed by atoms with Gasteiger partial charge in [0.25, 0.3) is 0 Å². The highest BCUT2D eigenvalue weighted by Crippen LogP contribution is 2.17. The predicted octanol–water partition coefficient (Wildman–Crippen LogP) is 22.4. The van der Waals surface area contributed by atoms with E-state index in [-0.39, 0.29) is 37.5 Å². The third-order valence-corrected chi connectivity index (χ3v) is 14.1. The highest BCUT2D eigenvalue weighted by molar-refractivity contribution is 5.71. The molecule has 0 saturated carbocycles. The molecule has 0 aliphatic heterocycles. The van der Waals surface area contributed by atoms with E-state index in [1.165, 1.54) is 167 Å². The number of ether oxygens (including phenoxy) is 3. The van der Waals surface area contributed by atoms with Crippen LogP contribution in [0.5, 0.6) is 0 Å². The summed E-state index contributed by atoms with van der Waals surface area (Å²) in [5, 5.41) is 0. The van der Waals surface area contributed by atoms with Gasteiger partial charge in [0.1, 0.15) is 13.2 Å². The fourth-order valence-electron chi connectivity index (χ4n) is 9.19. The Hall–Kier alpha value is -3.67. The minimum absolute atomic E-state index is 0.0987. The Morgan fingerprint density at radius 3 is 0.870 bits per heavy atom. The van der Waals surface area contributed by atoms with Crippen LogP contribution in [0.2, 0.25) is 0 Å². The van der Waals surface area contributed by atoms with E-state index in [0.717, 1.165) is 103 Å². The van der Waals surface area contributed by atoms with E-state index in [1.54, 1.807) is 0 Å². The van der Waals surface area contributed by atoms with E-state index in [0.29, 0.717) is 19.3 Å². The molecule has 0 aliphatic rings. The molecular formula is C71H122O6. The van der Waals surface area contributed by atoms with Gasteiger partial charge in [0.15, 0.2) is 6.10 Å². The molecule has 0 rings (SSSR count). The van der Waals surface area contributed by atoms with Gasteiger partial charge in [-0.2, -0.15) is 0 Å². The predicted molar refractivity (Wildman–Crippen MR) is 334 cm³/mol. The molecule has 0 spiro atoms. The lowest BCUT2D eigenvalue weighted by Crippen LogP contribution is -2.30. The van der Waals surface area contributed by atoms with Crippen molar-refractivity contribution in [2.45, 2.75) is 322 Å². The van der Waals surface area contributed by atoms with Crippen molar-refractivity contribution in [3.05, 3.63) is 97.2 Å². The summed E-state index contributed by atoms with van der Waals surface area (Å²) in [5.74, 6) is -0.960. The molecular weight excluding hydrogens is 949 g/mol. The molecule has 1 unspecified atom stereocenters. The van der Waals surface area contributed by atoms with E-state index in [2.05, 4.69) is 118 Å². The molecule has 0 aliphatic carbocycles. The van der Waals surface area contributed by atoms with E-state index < -0.39 is 6.10 Å². The number of hydrogen-bond acceptors (Lipinski definition) is 6. The third kappa shape index (κ3) is 63.0. The monoisotopic (exact) mass is 1070 g/mol. The van der Waals surface area contributed by atoms with Crippen LogP contribution < -0.4 is 0 Å². The minimum atomic E-state index is -0.809. The number of rotatable bonds is 59. The lowest BCUT2D eigenvalue weighted by Gasteiger charge is -2.18. The van der Waals surface area contributed by atoms with Crippen LogP contribution in [0.1, 0.15) is 316 Å². The van der Waals surface area contributed by atoms with Gasteiger partial charge in [-0.3, -0.25) is 14.4 Å². The summed E-state index contributed by atoms with van der Waals surface area (Å²) in [6.07, 6.45) is 87.1. The molecule has 6 heteroatoms. The summed E-state index contributed by atoms with van der Waals surface area (Å²) in [4.78, 5) is 38.3. The SMILES string of the molecule is CC/C=C\C/C=C\C/C=C\C/C=C\C/C=C\CCCC(=O)OCC(COC(=O)CCCCCCCCCCCCCCCCCCCCCCCCC)OC(=O)CCCCCCCC/C=C\C/C=C\C/C=C\CCCCC. The minimum Gasteiger partial charge on any atom is -0.462 e. The molecule has 0 heterocycles. The van der Waals surface area contributed by atoms with E-state index in [1.807, 2.05) is 0 Å². The molecule has 1 atom stereocenters. The maximum absolute atomic E-state index is 12.9. The Balaban J connectivity index is 4.42. The topological polar surface area (TPSA) is 78.9 Å². The molecule has 0 aromatic heterocycles. The summed E-state index contributed by atoms with van der Waals surface area (Å²) >= 11 is 0. The highest BCUT2D eigenvalue weighted by atomic mass is 16.6. The van der Waals surface area contributed by atoms with Crippen molar-refractivity contribution < 1.29 is 28.6 Å². The second kappa shape index (κ2) is 64.9. The van der Waals surface area contributed by atoms with Crippen LogP contribution in [0.15, 0.2) is 97.2 Å². The smallest absolute Gasteiger partial charge is 0.306 e. The maximum Gasteiger partial charge on any atom is 0.306 e. The van der Waals surface area contributed by atoms with Crippen LogP contribution in [0.3, 0.4) is 0 Å². The molecule has 6 nitrogen and oxygen atoms in total. The van der Waals surface area contributed by atoms with Crippen LogP contribution >= 0.6 is 0 Å². The van der Waals surface area contributed by atoms with Crippen molar-refractivity contribution >= 4 is 17.9 Å². The lowest BCUT2D eigenvalue weighted by atomic mass is 10.0. The van der Waals surface area contributed by atoms with E-state index in [9.17, 15) is 14.4 Å². The van der Waals surface area contributed by atoms with Crippen LogP contribution in [-0.2, 0) is 28.6 Å². The third-order valence-electron chi connectivity index (χ3n) is 14.1. The zero-order chi connectivity index (χ0) is 55.7. The molecule has 0 bridgehead atoms. The van der Waals surface area contributed by atoms with Crippen LogP contribution in [0, 0.1) is 0 Å². The Kier molecular flexibility index (Phi) is 61.8. The molecule has 0 aromatic rings. The zero-order valence-corrected chi connectivity index (χ0v) is 50.7. The molecule has 77 heavy (non-hydrogen) atoms. The number of unbranched alkanes of at least 4 members (excludes halogenated alkanes) is 32.